The van der Waals surface area contributed by atoms with Gasteiger partial charge in [-0.3, -0.25) is 14.5 Å². The number of hydrogen-bond donors (Lipinski definition) is 1. The number of hydrogen-bond acceptors (Lipinski definition) is 5. The molecule has 2 aromatic carbocycles. The van der Waals surface area contributed by atoms with Gasteiger partial charge in [-0.25, -0.2) is 8.78 Å². The van der Waals surface area contributed by atoms with Crippen molar-refractivity contribution in [3.05, 3.63) is 77.5 Å². The van der Waals surface area contributed by atoms with E-state index in [1.54, 1.807) is 4.90 Å². The van der Waals surface area contributed by atoms with E-state index in [1.165, 1.54) is 37.0 Å². The molecule has 7 nitrogen and oxygen atoms in total. The Labute approximate surface area is 233 Å². The lowest BCUT2D eigenvalue weighted by atomic mass is 9.86. The molecule has 2 aliphatic rings. The molecule has 5 rings (SSSR count). The topological polar surface area (TPSA) is 78.7 Å². The van der Waals surface area contributed by atoms with E-state index in [0.717, 1.165) is 37.9 Å². The first-order valence-corrected chi connectivity index (χ1v) is 14.1. The van der Waals surface area contributed by atoms with Crippen LogP contribution in [0.2, 0.25) is 0 Å². The minimum atomic E-state index is -0.803. The van der Waals surface area contributed by atoms with E-state index in [9.17, 15) is 18.4 Å². The van der Waals surface area contributed by atoms with E-state index in [4.69, 9.17) is 4.52 Å². The highest BCUT2D eigenvalue weighted by molar-refractivity contribution is 5.94. The summed E-state index contributed by atoms with van der Waals surface area (Å²) in [6, 6.07) is 14.6. The Balaban J connectivity index is 1.29. The number of carbonyl (C=O) groups is 2. The Bertz CT molecular complexity index is 1310. The van der Waals surface area contributed by atoms with Gasteiger partial charge >= 0.3 is 0 Å². The van der Waals surface area contributed by atoms with Crippen molar-refractivity contribution in [2.75, 3.05) is 26.7 Å². The lowest BCUT2D eigenvalue weighted by Gasteiger charge is -2.43. The van der Waals surface area contributed by atoms with Gasteiger partial charge in [0.15, 0.2) is 11.5 Å². The summed E-state index contributed by atoms with van der Waals surface area (Å²) >= 11 is 0. The van der Waals surface area contributed by atoms with Crippen LogP contribution in [-0.4, -0.2) is 65.5 Å². The van der Waals surface area contributed by atoms with Gasteiger partial charge in [-0.15, -0.1) is 0 Å². The zero-order chi connectivity index (χ0) is 28.1. The summed E-state index contributed by atoms with van der Waals surface area (Å²) in [6.45, 7) is 1.98. The highest BCUT2D eigenvalue weighted by atomic mass is 19.1. The maximum Gasteiger partial charge on any atom is 0.273 e. The van der Waals surface area contributed by atoms with Crippen LogP contribution in [0.15, 0.2) is 59.1 Å². The van der Waals surface area contributed by atoms with E-state index in [0.29, 0.717) is 25.6 Å². The third-order valence-corrected chi connectivity index (χ3v) is 8.26. The van der Waals surface area contributed by atoms with Gasteiger partial charge in [0.1, 0.15) is 11.6 Å². The molecule has 1 N–H and O–H groups in total. The minimum Gasteiger partial charge on any atom is -0.355 e. The average Bonchev–Trinajstić information content (AvgIpc) is 3.47. The summed E-state index contributed by atoms with van der Waals surface area (Å²) in [5.41, 5.74) is 1.16. The maximum absolute atomic E-state index is 14.2. The Morgan fingerprint density at radius 3 is 2.58 bits per heavy atom. The molecule has 0 bridgehead atoms. The normalized spacial score (nSPS) is 20.3. The van der Waals surface area contributed by atoms with Crippen LogP contribution in [0.4, 0.5) is 8.78 Å². The van der Waals surface area contributed by atoms with Crippen molar-refractivity contribution in [3.63, 3.8) is 0 Å². The minimum absolute atomic E-state index is 0.0102. The van der Waals surface area contributed by atoms with Crippen molar-refractivity contribution in [1.29, 1.82) is 0 Å². The number of nitrogens with one attached hydrogen (secondary N) is 1. The lowest BCUT2D eigenvalue weighted by Crippen LogP contribution is -2.58. The van der Waals surface area contributed by atoms with Gasteiger partial charge in [-0.1, -0.05) is 54.8 Å². The van der Waals surface area contributed by atoms with Gasteiger partial charge in [0.2, 0.25) is 5.91 Å². The van der Waals surface area contributed by atoms with Crippen molar-refractivity contribution >= 4 is 11.8 Å². The summed E-state index contributed by atoms with van der Waals surface area (Å²) in [7, 11) is 1.82. The van der Waals surface area contributed by atoms with Gasteiger partial charge in [0.05, 0.1) is 11.5 Å². The maximum atomic E-state index is 14.2. The molecule has 1 aliphatic heterocycles. The molecular formula is C31H36F2N4O3. The molecule has 2 fully saturated rings. The molecule has 2 heterocycles. The molecule has 40 heavy (non-hydrogen) atoms. The number of likely N-dealkylation sites (N-methyl/N-ethyl adjacent to an activating group) is 1. The Morgan fingerprint density at radius 2 is 1.82 bits per heavy atom. The second-order valence-electron chi connectivity index (χ2n) is 11.0. The molecule has 1 saturated carbocycles. The van der Waals surface area contributed by atoms with Crippen LogP contribution in [0.5, 0.6) is 0 Å². The average molecular weight is 551 g/mol. The molecule has 0 spiro atoms. The molecule has 1 aromatic heterocycles. The second-order valence-corrected chi connectivity index (χ2v) is 11.0. The summed E-state index contributed by atoms with van der Waals surface area (Å²) < 4.78 is 32.7. The predicted octanol–water partition coefficient (Wildman–Crippen LogP) is 5.07. The van der Waals surface area contributed by atoms with Crippen LogP contribution >= 0.6 is 0 Å². The van der Waals surface area contributed by atoms with Crippen molar-refractivity contribution in [2.45, 2.75) is 57.0 Å². The number of carbonyl (C=O) groups excluding carboxylic acids is 2. The smallest absolute Gasteiger partial charge is 0.273 e. The van der Waals surface area contributed by atoms with Crippen LogP contribution in [0, 0.1) is 17.6 Å². The van der Waals surface area contributed by atoms with Crippen molar-refractivity contribution in [3.8, 4) is 11.3 Å². The number of nitrogens with zero attached hydrogens (tertiary/aromatic N) is 3. The standard InChI is InChI=1S/C31H36F2N4O3/c1-36(16-14-21-8-4-2-5-9-21)31(39)25-20-37(23-10-6-3-7-11-23)17-15-27(25)34-30(38)28-19-29(40-35-28)24-13-12-22(32)18-26(24)33/h2,4-5,8-9,12-13,18-19,23,25,27H,3,6-7,10-11,14-17,20H2,1H3,(H,34,38). The molecule has 212 valence electrons. The van der Waals surface area contributed by atoms with E-state index < -0.39 is 23.5 Å². The first-order valence-electron chi connectivity index (χ1n) is 14.1. The number of amides is 2. The molecule has 1 saturated heterocycles. The Kier molecular flexibility index (Phi) is 8.89. The Hall–Kier alpha value is -3.59. The van der Waals surface area contributed by atoms with Crippen molar-refractivity contribution in [2.24, 2.45) is 5.92 Å². The monoisotopic (exact) mass is 550 g/mol. The molecule has 0 radical (unpaired) electrons. The van der Waals surface area contributed by atoms with Crippen LogP contribution < -0.4 is 5.32 Å². The summed E-state index contributed by atoms with van der Waals surface area (Å²) in [6.07, 6.45) is 7.35. The molecule has 2 amide bonds. The van der Waals surface area contributed by atoms with Crippen molar-refractivity contribution in [1.82, 2.24) is 20.3 Å². The summed E-state index contributed by atoms with van der Waals surface area (Å²) in [5, 5.41) is 6.84. The van der Waals surface area contributed by atoms with Gasteiger partial charge in [0.25, 0.3) is 5.91 Å². The first-order chi connectivity index (χ1) is 19.4. The molecule has 1 aliphatic carbocycles. The van der Waals surface area contributed by atoms with Crippen molar-refractivity contribution < 1.29 is 22.9 Å². The van der Waals surface area contributed by atoms with Crippen LogP contribution in [0.3, 0.4) is 0 Å². The molecule has 3 aromatic rings. The van der Waals surface area contributed by atoms with Gasteiger partial charge < -0.3 is 14.7 Å². The SMILES string of the molecule is CN(CCc1ccccc1)C(=O)C1CN(C2CCCCC2)CCC1NC(=O)c1cc(-c2ccc(F)cc2F)on1. The summed E-state index contributed by atoms with van der Waals surface area (Å²) in [4.78, 5) is 31.2. The fourth-order valence-corrected chi connectivity index (χ4v) is 5.95. The fourth-order valence-electron chi connectivity index (χ4n) is 5.95. The number of aromatic nitrogens is 1. The van der Waals surface area contributed by atoms with E-state index >= 15 is 0 Å². The number of halogens is 2. The van der Waals surface area contributed by atoms with Crippen LogP contribution in [-0.2, 0) is 11.2 Å². The van der Waals surface area contributed by atoms with Gasteiger partial charge in [-0.2, -0.15) is 0 Å². The van der Waals surface area contributed by atoms with E-state index in [-0.39, 0.29) is 29.0 Å². The quantitative estimate of drug-likeness (QED) is 0.424. The largest absolute Gasteiger partial charge is 0.355 e. The van der Waals surface area contributed by atoms with Crippen LogP contribution in [0.25, 0.3) is 11.3 Å². The Morgan fingerprint density at radius 1 is 1.05 bits per heavy atom. The highest BCUT2D eigenvalue weighted by Crippen LogP contribution is 2.29. The number of benzene rings is 2. The zero-order valence-electron chi connectivity index (χ0n) is 22.8. The molecular weight excluding hydrogens is 514 g/mol. The van der Waals surface area contributed by atoms with Gasteiger partial charge in [0, 0.05) is 50.9 Å². The molecule has 2 unspecified atom stereocenters. The zero-order valence-corrected chi connectivity index (χ0v) is 22.8. The van der Waals surface area contributed by atoms with E-state index in [2.05, 4.69) is 27.5 Å². The van der Waals surface area contributed by atoms with E-state index in [1.807, 2.05) is 25.2 Å². The number of rotatable bonds is 8. The predicted molar refractivity (Wildman–Crippen MR) is 147 cm³/mol. The highest BCUT2D eigenvalue weighted by Gasteiger charge is 2.39. The number of piperidine rings is 1. The number of likely N-dealkylation sites (tertiary alicyclic amines) is 1. The van der Waals surface area contributed by atoms with Crippen LogP contribution in [0.1, 0.15) is 54.6 Å². The summed E-state index contributed by atoms with van der Waals surface area (Å²) in [5.74, 6) is -2.36. The third kappa shape index (κ3) is 6.58. The second kappa shape index (κ2) is 12.7. The molecule has 2 atom stereocenters. The first kappa shape index (κ1) is 28.0. The molecule has 9 heteroatoms. The lowest BCUT2D eigenvalue weighted by molar-refractivity contribution is -0.137. The third-order valence-electron chi connectivity index (χ3n) is 8.26. The fraction of sp³-hybridized carbons (Fsp3) is 0.452. The van der Waals surface area contributed by atoms with Gasteiger partial charge in [-0.05, 0) is 43.4 Å².